The van der Waals surface area contributed by atoms with Gasteiger partial charge in [0.2, 0.25) is 0 Å². The maximum absolute atomic E-state index is 14.0. The van der Waals surface area contributed by atoms with Gasteiger partial charge in [0.25, 0.3) is 0 Å². The van der Waals surface area contributed by atoms with Crippen LogP contribution in [0.15, 0.2) is 36.4 Å². The highest BCUT2D eigenvalue weighted by atomic mass is 19.1. The first-order chi connectivity index (χ1) is 10.2. The Morgan fingerprint density at radius 2 is 2.00 bits per heavy atom. The zero-order valence-corrected chi connectivity index (χ0v) is 12.6. The molecule has 0 saturated carbocycles. The van der Waals surface area contributed by atoms with Crippen molar-refractivity contribution in [1.29, 1.82) is 0 Å². The molecule has 1 fully saturated rings. The largest absolute Gasteiger partial charge is 0.376 e. The number of rotatable bonds is 4. The monoisotopic (exact) mass is 287 g/mol. The summed E-state index contributed by atoms with van der Waals surface area (Å²) in [5.41, 5.74) is 1.13. The van der Waals surface area contributed by atoms with Gasteiger partial charge in [-0.25, -0.2) is 4.39 Å². The number of benzene rings is 2. The van der Waals surface area contributed by atoms with Crippen LogP contribution in [0.4, 0.5) is 4.39 Å². The van der Waals surface area contributed by atoms with Crippen LogP contribution >= 0.6 is 0 Å². The minimum atomic E-state index is -0.162. The summed E-state index contributed by atoms with van der Waals surface area (Å²) in [6.07, 6.45) is 1.24. The van der Waals surface area contributed by atoms with Gasteiger partial charge in [0.1, 0.15) is 5.82 Å². The molecular formula is C18H22FNO. The van der Waals surface area contributed by atoms with Gasteiger partial charge in [-0.3, -0.25) is 0 Å². The molecule has 0 aliphatic carbocycles. The van der Waals surface area contributed by atoms with Crippen molar-refractivity contribution in [3.63, 3.8) is 0 Å². The minimum Gasteiger partial charge on any atom is -0.376 e. The van der Waals surface area contributed by atoms with Gasteiger partial charge in [-0.05, 0) is 35.9 Å². The second kappa shape index (κ2) is 6.12. The summed E-state index contributed by atoms with van der Waals surface area (Å²) in [7, 11) is 0. The molecule has 1 heterocycles. The van der Waals surface area contributed by atoms with Crippen molar-refractivity contribution in [2.45, 2.75) is 32.4 Å². The van der Waals surface area contributed by atoms with E-state index in [1.165, 1.54) is 0 Å². The standard InChI is InChI=1S/C18H22FNO/c1-3-20-17(18-12(2)10-11-21-18)15-8-9-16(19)14-7-5-4-6-13(14)15/h4-9,12,17-18,20H,3,10-11H2,1-2H3. The molecular weight excluding hydrogens is 265 g/mol. The van der Waals surface area contributed by atoms with Crippen LogP contribution in [0.1, 0.15) is 31.9 Å². The molecule has 0 spiro atoms. The Balaban J connectivity index is 2.09. The molecule has 0 aromatic heterocycles. The molecule has 2 nitrogen and oxygen atoms in total. The maximum atomic E-state index is 14.0. The van der Waals surface area contributed by atoms with Crippen molar-refractivity contribution in [1.82, 2.24) is 5.32 Å². The first kappa shape index (κ1) is 14.5. The number of likely N-dealkylation sites (N-methyl/N-ethyl adjacent to an activating group) is 1. The molecule has 2 aromatic rings. The van der Waals surface area contributed by atoms with Crippen LogP contribution in [0.5, 0.6) is 0 Å². The fourth-order valence-electron chi connectivity index (χ4n) is 3.32. The number of nitrogens with one attached hydrogen (secondary N) is 1. The fraction of sp³-hybridized carbons (Fsp3) is 0.444. The van der Waals surface area contributed by atoms with Crippen LogP contribution in [0, 0.1) is 11.7 Å². The number of ether oxygens (including phenoxy) is 1. The summed E-state index contributed by atoms with van der Waals surface area (Å²) in [6.45, 7) is 6.00. The van der Waals surface area contributed by atoms with Crippen molar-refractivity contribution in [3.8, 4) is 0 Å². The lowest BCUT2D eigenvalue weighted by Crippen LogP contribution is -2.34. The van der Waals surface area contributed by atoms with E-state index in [1.54, 1.807) is 6.07 Å². The Kier molecular flexibility index (Phi) is 4.22. The molecule has 0 bridgehead atoms. The number of hydrogen-bond donors (Lipinski definition) is 1. The van der Waals surface area contributed by atoms with Gasteiger partial charge in [-0.1, -0.05) is 44.2 Å². The summed E-state index contributed by atoms with van der Waals surface area (Å²) < 4.78 is 20.0. The molecule has 3 heteroatoms. The van der Waals surface area contributed by atoms with Gasteiger partial charge in [0.05, 0.1) is 12.1 Å². The van der Waals surface area contributed by atoms with Crippen LogP contribution < -0.4 is 5.32 Å². The summed E-state index contributed by atoms with van der Waals surface area (Å²) in [4.78, 5) is 0. The van der Waals surface area contributed by atoms with Crippen molar-refractivity contribution in [3.05, 3.63) is 47.8 Å². The lowest BCUT2D eigenvalue weighted by molar-refractivity contribution is 0.0616. The van der Waals surface area contributed by atoms with Crippen molar-refractivity contribution < 1.29 is 9.13 Å². The Bertz CT molecular complexity index is 628. The molecule has 1 N–H and O–H groups in total. The van der Waals surface area contributed by atoms with Gasteiger partial charge in [0, 0.05) is 12.0 Å². The molecule has 112 valence electrons. The van der Waals surface area contributed by atoms with E-state index in [1.807, 2.05) is 30.3 Å². The lowest BCUT2D eigenvalue weighted by Gasteiger charge is -2.28. The Morgan fingerprint density at radius 3 is 2.67 bits per heavy atom. The third-order valence-corrected chi connectivity index (χ3v) is 4.44. The highest BCUT2D eigenvalue weighted by Gasteiger charge is 2.33. The average molecular weight is 287 g/mol. The zero-order valence-electron chi connectivity index (χ0n) is 12.6. The normalized spacial score (nSPS) is 23.6. The fourth-order valence-corrected chi connectivity index (χ4v) is 3.32. The van der Waals surface area contributed by atoms with Gasteiger partial charge in [0.15, 0.2) is 0 Å². The van der Waals surface area contributed by atoms with Crippen LogP contribution in [0.2, 0.25) is 0 Å². The smallest absolute Gasteiger partial charge is 0.131 e. The SMILES string of the molecule is CCNC(c1ccc(F)c2ccccc12)C1OCCC1C. The highest BCUT2D eigenvalue weighted by molar-refractivity contribution is 5.86. The second-order valence-corrected chi connectivity index (χ2v) is 5.82. The van der Waals surface area contributed by atoms with Crippen LogP contribution in [-0.4, -0.2) is 19.3 Å². The van der Waals surface area contributed by atoms with Crippen molar-refractivity contribution in [2.75, 3.05) is 13.2 Å². The first-order valence-electron chi connectivity index (χ1n) is 7.74. The van der Waals surface area contributed by atoms with E-state index in [0.29, 0.717) is 11.3 Å². The molecule has 2 aromatic carbocycles. The van der Waals surface area contributed by atoms with E-state index >= 15 is 0 Å². The van der Waals surface area contributed by atoms with Gasteiger partial charge >= 0.3 is 0 Å². The summed E-state index contributed by atoms with van der Waals surface area (Å²) in [6, 6.07) is 11.3. The number of fused-ring (bicyclic) bond motifs is 1. The van der Waals surface area contributed by atoms with Gasteiger partial charge in [-0.2, -0.15) is 0 Å². The van der Waals surface area contributed by atoms with Crippen molar-refractivity contribution in [2.24, 2.45) is 5.92 Å². The Hall–Kier alpha value is -1.45. The van der Waals surface area contributed by atoms with E-state index in [9.17, 15) is 4.39 Å². The summed E-state index contributed by atoms with van der Waals surface area (Å²) >= 11 is 0. The van der Waals surface area contributed by atoms with E-state index in [0.717, 1.165) is 30.5 Å². The average Bonchev–Trinajstić information content (AvgIpc) is 2.92. The molecule has 3 atom stereocenters. The second-order valence-electron chi connectivity index (χ2n) is 5.82. The zero-order chi connectivity index (χ0) is 14.8. The molecule has 1 saturated heterocycles. The van der Waals surface area contributed by atoms with Crippen molar-refractivity contribution >= 4 is 10.8 Å². The predicted molar refractivity (Wildman–Crippen MR) is 83.8 cm³/mol. The third kappa shape index (κ3) is 2.68. The molecule has 0 radical (unpaired) electrons. The van der Waals surface area contributed by atoms with E-state index in [2.05, 4.69) is 19.2 Å². The molecule has 1 aliphatic heterocycles. The predicted octanol–water partition coefficient (Wildman–Crippen LogP) is 4.05. The molecule has 3 rings (SSSR count). The van der Waals surface area contributed by atoms with Crippen LogP contribution in [-0.2, 0) is 4.74 Å². The molecule has 1 aliphatic rings. The third-order valence-electron chi connectivity index (χ3n) is 4.44. The van der Waals surface area contributed by atoms with Crippen LogP contribution in [0.25, 0.3) is 10.8 Å². The molecule has 0 amide bonds. The van der Waals surface area contributed by atoms with E-state index < -0.39 is 0 Å². The van der Waals surface area contributed by atoms with Crippen LogP contribution in [0.3, 0.4) is 0 Å². The number of hydrogen-bond acceptors (Lipinski definition) is 2. The Morgan fingerprint density at radius 1 is 1.24 bits per heavy atom. The Labute approximate surface area is 125 Å². The summed E-state index contributed by atoms with van der Waals surface area (Å²) in [5, 5.41) is 5.20. The van der Waals surface area contributed by atoms with E-state index in [4.69, 9.17) is 4.74 Å². The lowest BCUT2D eigenvalue weighted by atomic mass is 9.89. The minimum absolute atomic E-state index is 0.109. The molecule has 21 heavy (non-hydrogen) atoms. The topological polar surface area (TPSA) is 21.3 Å². The molecule has 3 unspecified atom stereocenters. The number of halogens is 1. The maximum Gasteiger partial charge on any atom is 0.131 e. The van der Waals surface area contributed by atoms with E-state index in [-0.39, 0.29) is 18.0 Å². The van der Waals surface area contributed by atoms with Gasteiger partial charge < -0.3 is 10.1 Å². The quantitative estimate of drug-likeness (QED) is 0.916. The highest BCUT2D eigenvalue weighted by Crippen LogP contribution is 2.35. The summed E-state index contributed by atoms with van der Waals surface area (Å²) in [5.74, 6) is 0.350. The van der Waals surface area contributed by atoms with Gasteiger partial charge in [-0.15, -0.1) is 0 Å². The first-order valence-corrected chi connectivity index (χ1v) is 7.74.